The third-order valence-electron chi connectivity index (χ3n) is 1.40. The summed E-state index contributed by atoms with van der Waals surface area (Å²) in [6.07, 6.45) is 3.06. The highest BCUT2D eigenvalue weighted by molar-refractivity contribution is 7.99. The molecule has 0 saturated carbocycles. The number of rotatable bonds is 3. The van der Waals surface area contributed by atoms with Gasteiger partial charge in [-0.25, -0.2) is 4.98 Å². The van der Waals surface area contributed by atoms with E-state index in [9.17, 15) is 0 Å². The predicted octanol–water partition coefficient (Wildman–Crippen LogP) is 2.89. The molecule has 0 bridgehead atoms. The van der Waals surface area contributed by atoms with E-state index < -0.39 is 0 Å². The zero-order valence-electron chi connectivity index (χ0n) is 7.00. The third-order valence-corrected chi connectivity index (χ3v) is 2.72. The highest BCUT2D eigenvalue weighted by Gasteiger charge is 1.96. The van der Waals surface area contributed by atoms with Crippen LogP contribution in [0.5, 0.6) is 0 Å². The molecule has 0 fully saturated rings. The lowest BCUT2D eigenvalue weighted by Gasteiger charge is -2.00. The van der Waals surface area contributed by atoms with Gasteiger partial charge in [-0.2, -0.15) is 0 Å². The Morgan fingerprint density at radius 1 is 1.55 bits per heavy atom. The fraction of sp³-hybridized carbons (Fsp3) is 0.444. The molecule has 1 aromatic heterocycles. The molecule has 0 aliphatic carbocycles. The van der Waals surface area contributed by atoms with Crippen LogP contribution in [-0.4, -0.2) is 10.7 Å². The molecule has 0 amide bonds. The Bertz CT molecular complexity index is 223. The summed E-state index contributed by atoms with van der Waals surface area (Å²) in [5.41, 5.74) is 1.28. The van der Waals surface area contributed by atoms with Gasteiger partial charge in [0.1, 0.15) is 0 Å². The lowest BCUT2D eigenvalue weighted by molar-refractivity contribution is 1.06. The molecule has 0 unspecified atom stereocenters. The Hall–Kier alpha value is -0.500. The van der Waals surface area contributed by atoms with E-state index in [2.05, 4.69) is 24.9 Å². The molecule has 1 aromatic rings. The highest BCUT2D eigenvalue weighted by Crippen LogP contribution is 2.18. The first-order chi connectivity index (χ1) is 5.34. The van der Waals surface area contributed by atoms with Crippen LogP contribution in [-0.2, 0) is 0 Å². The van der Waals surface area contributed by atoms with Crippen LogP contribution < -0.4 is 0 Å². The number of thioether (sulfide) groups is 1. The molecule has 0 aliphatic heterocycles. The molecular formula is C9H13NS. The fourth-order valence-corrected chi connectivity index (χ4v) is 1.65. The molecular weight excluding hydrogens is 154 g/mol. The fourth-order valence-electron chi connectivity index (χ4n) is 0.821. The molecule has 0 aliphatic rings. The van der Waals surface area contributed by atoms with E-state index in [4.69, 9.17) is 0 Å². The summed E-state index contributed by atoms with van der Waals surface area (Å²) in [6, 6.07) is 4.08. The monoisotopic (exact) mass is 167 g/mol. The summed E-state index contributed by atoms with van der Waals surface area (Å²) >= 11 is 1.84. The van der Waals surface area contributed by atoms with E-state index in [-0.39, 0.29) is 0 Å². The minimum atomic E-state index is 1.16. The number of hydrogen-bond donors (Lipinski definition) is 0. The van der Waals surface area contributed by atoms with E-state index in [1.54, 1.807) is 0 Å². The van der Waals surface area contributed by atoms with E-state index in [1.807, 2.05) is 24.0 Å². The molecule has 1 rings (SSSR count). The zero-order chi connectivity index (χ0) is 8.10. The number of nitrogens with zero attached hydrogens (tertiary/aromatic N) is 1. The van der Waals surface area contributed by atoms with Gasteiger partial charge in [0.15, 0.2) is 0 Å². The normalized spacial score (nSPS) is 10.0. The summed E-state index contributed by atoms with van der Waals surface area (Å²) in [7, 11) is 0. The molecule has 2 heteroatoms. The molecule has 1 nitrogen and oxygen atoms in total. The quantitative estimate of drug-likeness (QED) is 0.642. The SMILES string of the molecule is CCCSc1ncccc1C. The second kappa shape index (κ2) is 4.39. The first-order valence-electron chi connectivity index (χ1n) is 3.89. The van der Waals surface area contributed by atoms with Crippen LogP contribution >= 0.6 is 11.8 Å². The summed E-state index contributed by atoms with van der Waals surface area (Å²) in [5, 5.41) is 1.18. The zero-order valence-corrected chi connectivity index (χ0v) is 7.82. The van der Waals surface area contributed by atoms with Crippen LogP contribution in [0.2, 0.25) is 0 Å². The molecule has 0 saturated heterocycles. The van der Waals surface area contributed by atoms with Crippen LogP contribution in [0.1, 0.15) is 18.9 Å². The maximum Gasteiger partial charge on any atom is 0.0988 e. The summed E-state index contributed by atoms with van der Waals surface area (Å²) in [4.78, 5) is 4.28. The second-order valence-corrected chi connectivity index (χ2v) is 3.56. The average Bonchev–Trinajstić information content (AvgIpc) is 2.03. The van der Waals surface area contributed by atoms with Crippen molar-refractivity contribution in [3.8, 4) is 0 Å². The number of hydrogen-bond acceptors (Lipinski definition) is 2. The Morgan fingerprint density at radius 2 is 2.36 bits per heavy atom. The van der Waals surface area contributed by atoms with Crippen molar-refractivity contribution in [3.63, 3.8) is 0 Å². The molecule has 60 valence electrons. The van der Waals surface area contributed by atoms with Gasteiger partial charge < -0.3 is 0 Å². The van der Waals surface area contributed by atoms with Crippen LogP contribution in [0.25, 0.3) is 0 Å². The minimum absolute atomic E-state index is 1.16. The minimum Gasteiger partial charge on any atom is -0.250 e. The predicted molar refractivity (Wildman–Crippen MR) is 50.0 cm³/mol. The van der Waals surface area contributed by atoms with E-state index in [0.717, 1.165) is 5.75 Å². The van der Waals surface area contributed by atoms with Gasteiger partial charge in [0.2, 0.25) is 0 Å². The summed E-state index contributed by atoms with van der Waals surface area (Å²) < 4.78 is 0. The smallest absolute Gasteiger partial charge is 0.0988 e. The lowest BCUT2D eigenvalue weighted by atomic mass is 10.3. The van der Waals surface area contributed by atoms with Crippen molar-refractivity contribution in [2.45, 2.75) is 25.3 Å². The van der Waals surface area contributed by atoms with Crippen LogP contribution in [0.3, 0.4) is 0 Å². The van der Waals surface area contributed by atoms with Crippen molar-refractivity contribution in [2.24, 2.45) is 0 Å². The van der Waals surface area contributed by atoms with Crippen molar-refractivity contribution < 1.29 is 0 Å². The summed E-state index contributed by atoms with van der Waals surface area (Å²) in [6.45, 7) is 4.29. The van der Waals surface area contributed by atoms with Crippen molar-refractivity contribution in [2.75, 3.05) is 5.75 Å². The summed E-state index contributed by atoms with van der Waals surface area (Å²) in [5.74, 6) is 1.16. The Kier molecular flexibility index (Phi) is 3.43. The van der Waals surface area contributed by atoms with Gasteiger partial charge in [-0.1, -0.05) is 13.0 Å². The van der Waals surface area contributed by atoms with E-state index in [1.165, 1.54) is 17.0 Å². The molecule has 0 radical (unpaired) electrons. The average molecular weight is 167 g/mol. The largest absolute Gasteiger partial charge is 0.250 e. The van der Waals surface area contributed by atoms with Gasteiger partial charge in [-0.15, -0.1) is 11.8 Å². The van der Waals surface area contributed by atoms with E-state index in [0.29, 0.717) is 0 Å². The molecule has 0 aromatic carbocycles. The number of aryl methyl sites for hydroxylation is 1. The Labute approximate surface area is 72.2 Å². The molecule has 0 N–H and O–H groups in total. The first-order valence-corrected chi connectivity index (χ1v) is 4.87. The van der Waals surface area contributed by atoms with Crippen molar-refractivity contribution >= 4 is 11.8 Å². The van der Waals surface area contributed by atoms with Gasteiger partial charge in [-0.05, 0) is 30.7 Å². The first kappa shape index (κ1) is 8.60. The van der Waals surface area contributed by atoms with Crippen molar-refractivity contribution in [1.29, 1.82) is 0 Å². The van der Waals surface area contributed by atoms with Crippen molar-refractivity contribution in [3.05, 3.63) is 23.9 Å². The highest BCUT2D eigenvalue weighted by atomic mass is 32.2. The molecule has 11 heavy (non-hydrogen) atoms. The lowest BCUT2D eigenvalue weighted by Crippen LogP contribution is -1.84. The van der Waals surface area contributed by atoms with E-state index >= 15 is 0 Å². The van der Waals surface area contributed by atoms with Gasteiger partial charge in [-0.3, -0.25) is 0 Å². The standard InChI is InChI=1S/C9H13NS/c1-3-7-11-9-8(2)5-4-6-10-9/h4-6H,3,7H2,1-2H3. The van der Waals surface area contributed by atoms with Gasteiger partial charge in [0, 0.05) is 6.20 Å². The van der Waals surface area contributed by atoms with Crippen molar-refractivity contribution in [1.82, 2.24) is 4.98 Å². The molecule has 0 atom stereocenters. The van der Waals surface area contributed by atoms with Crippen LogP contribution in [0.15, 0.2) is 23.4 Å². The molecule has 0 spiro atoms. The second-order valence-electron chi connectivity index (χ2n) is 2.47. The van der Waals surface area contributed by atoms with Gasteiger partial charge >= 0.3 is 0 Å². The topological polar surface area (TPSA) is 12.9 Å². The van der Waals surface area contributed by atoms with Crippen LogP contribution in [0, 0.1) is 6.92 Å². The maximum absolute atomic E-state index is 4.28. The third kappa shape index (κ3) is 2.54. The number of pyridine rings is 1. The van der Waals surface area contributed by atoms with Crippen LogP contribution in [0.4, 0.5) is 0 Å². The van der Waals surface area contributed by atoms with Gasteiger partial charge in [0.05, 0.1) is 5.03 Å². The Morgan fingerprint density at radius 3 is 3.00 bits per heavy atom. The number of aromatic nitrogens is 1. The molecule has 1 heterocycles. The van der Waals surface area contributed by atoms with Gasteiger partial charge in [0.25, 0.3) is 0 Å². The Balaban J connectivity index is 2.62. The maximum atomic E-state index is 4.28.